The number of fused-ring (bicyclic) bond motifs is 1. The van der Waals surface area contributed by atoms with Gasteiger partial charge in [0.25, 0.3) is 6.01 Å². The number of imidazole rings is 1. The zero-order chi connectivity index (χ0) is 13.4. The molecule has 0 saturated heterocycles. The van der Waals surface area contributed by atoms with Crippen molar-refractivity contribution in [1.82, 2.24) is 9.97 Å². The Hall–Kier alpha value is -2.63. The van der Waals surface area contributed by atoms with E-state index in [2.05, 4.69) is 9.97 Å². The van der Waals surface area contributed by atoms with Crippen molar-refractivity contribution in [1.29, 1.82) is 0 Å². The van der Waals surface area contributed by atoms with Crippen LogP contribution in [0.25, 0.3) is 11.0 Å². The highest BCUT2D eigenvalue weighted by Crippen LogP contribution is 2.25. The molecule has 0 unspecified atom stereocenters. The standard InChI is InChI=1S/C13H9F2N3O/c14-7-1-4-12(9(15)5-7)19-13-17-10-3-2-8(16)6-11(10)18-13/h1-6H,16H2,(H,17,18). The second kappa shape index (κ2) is 4.24. The predicted molar refractivity (Wildman–Crippen MR) is 66.9 cm³/mol. The number of aromatic amines is 1. The molecule has 0 fully saturated rings. The Morgan fingerprint density at radius 1 is 1.11 bits per heavy atom. The summed E-state index contributed by atoms with van der Waals surface area (Å²) >= 11 is 0. The quantitative estimate of drug-likeness (QED) is 0.696. The molecule has 0 aliphatic carbocycles. The fourth-order valence-electron chi connectivity index (χ4n) is 1.71. The predicted octanol–water partition coefficient (Wildman–Crippen LogP) is 3.22. The highest BCUT2D eigenvalue weighted by atomic mass is 19.1. The Bertz CT molecular complexity index is 755. The second-order valence-electron chi connectivity index (χ2n) is 4.00. The molecule has 2 aromatic carbocycles. The molecular weight excluding hydrogens is 252 g/mol. The molecule has 0 amide bonds. The van der Waals surface area contributed by atoms with Gasteiger partial charge >= 0.3 is 0 Å². The van der Waals surface area contributed by atoms with Crippen LogP contribution in [0.3, 0.4) is 0 Å². The van der Waals surface area contributed by atoms with Gasteiger partial charge in [-0.1, -0.05) is 0 Å². The van der Waals surface area contributed by atoms with Crippen molar-refractivity contribution in [2.24, 2.45) is 0 Å². The Balaban J connectivity index is 1.96. The van der Waals surface area contributed by atoms with Gasteiger partial charge in [-0.3, -0.25) is 0 Å². The van der Waals surface area contributed by atoms with Gasteiger partial charge in [-0.2, -0.15) is 4.98 Å². The van der Waals surface area contributed by atoms with Gasteiger partial charge in [0.15, 0.2) is 11.6 Å². The van der Waals surface area contributed by atoms with E-state index in [4.69, 9.17) is 10.5 Å². The molecule has 0 bridgehead atoms. The Morgan fingerprint density at radius 3 is 2.74 bits per heavy atom. The lowest BCUT2D eigenvalue weighted by Gasteiger charge is -2.02. The van der Waals surface area contributed by atoms with Gasteiger partial charge < -0.3 is 15.5 Å². The maximum absolute atomic E-state index is 13.4. The molecular formula is C13H9F2N3O. The summed E-state index contributed by atoms with van der Waals surface area (Å²) in [6.07, 6.45) is 0. The van der Waals surface area contributed by atoms with Crippen LogP contribution in [0.2, 0.25) is 0 Å². The Kier molecular flexibility index (Phi) is 2.56. The van der Waals surface area contributed by atoms with E-state index in [9.17, 15) is 8.78 Å². The minimum atomic E-state index is -0.792. The first-order valence-electron chi connectivity index (χ1n) is 5.50. The average molecular weight is 261 g/mol. The molecule has 0 atom stereocenters. The minimum Gasteiger partial charge on any atom is -0.422 e. The third kappa shape index (κ3) is 2.20. The van der Waals surface area contributed by atoms with E-state index in [-0.39, 0.29) is 11.8 Å². The van der Waals surface area contributed by atoms with Gasteiger partial charge in [-0.05, 0) is 30.3 Å². The van der Waals surface area contributed by atoms with Crippen molar-refractivity contribution in [2.75, 3.05) is 5.73 Å². The largest absolute Gasteiger partial charge is 0.422 e. The first-order valence-corrected chi connectivity index (χ1v) is 5.50. The zero-order valence-corrected chi connectivity index (χ0v) is 9.65. The number of halogens is 2. The van der Waals surface area contributed by atoms with Crippen LogP contribution in [0.1, 0.15) is 0 Å². The maximum atomic E-state index is 13.4. The van der Waals surface area contributed by atoms with Crippen LogP contribution in [0.15, 0.2) is 36.4 Å². The van der Waals surface area contributed by atoms with Crippen molar-refractivity contribution in [3.05, 3.63) is 48.0 Å². The molecule has 19 heavy (non-hydrogen) atoms. The summed E-state index contributed by atoms with van der Waals surface area (Å²) in [6.45, 7) is 0. The average Bonchev–Trinajstić information content (AvgIpc) is 2.74. The lowest BCUT2D eigenvalue weighted by atomic mass is 10.3. The van der Waals surface area contributed by atoms with Gasteiger partial charge in [-0.25, -0.2) is 8.78 Å². The minimum absolute atomic E-state index is 0.103. The molecule has 3 aromatic rings. The number of benzene rings is 2. The molecule has 1 aromatic heterocycles. The molecule has 0 saturated carbocycles. The number of anilines is 1. The van der Waals surface area contributed by atoms with Crippen molar-refractivity contribution < 1.29 is 13.5 Å². The van der Waals surface area contributed by atoms with Crippen LogP contribution in [0.4, 0.5) is 14.5 Å². The molecule has 96 valence electrons. The number of hydrogen-bond acceptors (Lipinski definition) is 3. The van der Waals surface area contributed by atoms with Gasteiger partial charge in [0.2, 0.25) is 0 Å². The topological polar surface area (TPSA) is 63.9 Å². The molecule has 4 nitrogen and oxygen atoms in total. The van der Waals surface area contributed by atoms with Gasteiger partial charge in [0.05, 0.1) is 11.0 Å². The smallest absolute Gasteiger partial charge is 0.300 e. The van der Waals surface area contributed by atoms with Crippen LogP contribution in [0.5, 0.6) is 11.8 Å². The van der Waals surface area contributed by atoms with Crippen molar-refractivity contribution in [3.63, 3.8) is 0 Å². The molecule has 1 heterocycles. The molecule has 0 spiro atoms. The van der Waals surface area contributed by atoms with E-state index >= 15 is 0 Å². The highest BCUT2D eigenvalue weighted by Gasteiger charge is 2.09. The third-order valence-electron chi connectivity index (χ3n) is 2.58. The van der Waals surface area contributed by atoms with E-state index in [0.717, 1.165) is 12.1 Å². The molecule has 3 N–H and O–H groups in total. The van der Waals surface area contributed by atoms with Crippen LogP contribution in [0, 0.1) is 11.6 Å². The van der Waals surface area contributed by atoms with Crippen LogP contribution >= 0.6 is 0 Å². The molecule has 6 heteroatoms. The number of nitrogens with one attached hydrogen (secondary N) is 1. The monoisotopic (exact) mass is 261 g/mol. The van der Waals surface area contributed by atoms with Crippen molar-refractivity contribution in [3.8, 4) is 11.8 Å². The summed E-state index contributed by atoms with van der Waals surface area (Å²) in [5.74, 6) is -1.56. The van der Waals surface area contributed by atoms with E-state index in [1.165, 1.54) is 6.07 Å². The fourth-order valence-corrected chi connectivity index (χ4v) is 1.71. The summed E-state index contributed by atoms with van der Waals surface area (Å²) < 4.78 is 31.4. The normalized spacial score (nSPS) is 10.8. The van der Waals surface area contributed by atoms with Crippen molar-refractivity contribution in [2.45, 2.75) is 0 Å². The van der Waals surface area contributed by atoms with Gasteiger partial charge in [0, 0.05) is 11.8 Å². The summed E-state index contributed by atoms with van der Waals surface area (Å²) in [4.78, 5) is 6.97. The second-order valence-corrected chi connectivity index (χ2v) is 4.00. The fraction of sp³-hybridized carbons (Fsp3) is 0. The lowest BCUT2D eigenvalue weighted by Crippen LogP contribution is -1.90. The molecule has 3 rings (SSSR count). The summed E-state index contributed by atoms with van der Waals surface area (Å²) in [5.41, 5.74) is 7.54. The zero-order valence-electron chi connectivity index (χ0n) is 9.65. The summed E-state index contributed by atoms with van der Waals surface area (Å²) in [7, 11) is 0. The van der Waals surface area contributed by atoms with E-state index < -0.39 is 11.6 Å². The Labute approximate surface area is 106 Å². The maximum Gasteiger partial charge on any atom is 0.300 e. The first-order chi connectivity index (χ1) is 9.11. The van der Waals surface area contributed by atoms with Crippen molar-refractivity contribution >= 4 is 16.7 Å². The van der Waals surface area contributed by atoms with Crippen LogP contribution in [-0.2, 0) is 0 Å². The van der Waals surface area contributed by atoms with Crippen LogP contribution < -0.4 is 10.5 Å². The number of nitrogen functional groups attached to an aromatic ring is 1. The number of nitrogens with two attached hydrogens (primary N) is 1. The molecule has 0 aliphatic rings. The van der Waals surface area contributed by atoms with E-state index in [1.807, 2.05) is 0 Å². The number of ether oxygens (including phenoxy) is 1. The number of nitrogens with zero attached hydrogens (tertiary/aromatic N) is 1. The Morgan fingerprint density at radius 2 is 1.95 bits per heavy atom. The number of H-pyrrole nitrogens is 1. The van der Waals surface area contributed by atoms with Crippen LogP contribution in [-0.4, -0.2) is 9.97 Å². The lowest BCUT2D eigenvalue weighted by molar-refractivity contribution is 0.413. The summed E-state index contributed by atoms with van der Waals surface area (Å²) in [5, 5.41) is 0. The number of rotatable bonds is 2. The SMILES string of the molecule is Nc1ccc2nc(Oc3ccc(F)cc3F)[nH]c2c1. The first kappa shape index (κ1) is 11.5. The number of aromatic nitrogens is 2. The van der Waals surface area contributed by atoms with Gasteiger partial charge in [0.1, 0.15) is 5.82 Å². The third-order valence-corrected chi connectivity index (χ3v) is 2.58. The number of hydrogen-bond donors (Lipinski definition) is 2. The highest BCUT2D eigenvalue weighted by molar-refractivity contribution is 5.79. The van der Waals surface area contributed by atoms with E-state index in [0.29, 0.717) is 16.7 Å². The summed E-state index contributed by atoms with van der Waals surface area (Å²) in [6, 6.07) is 8.28. The molecule has 0 radical (unpaired) electrons. The van der Waals surface area contributed by atoms with E-state index in [1.54, 1.807) is 18.2 Å². The molecule has 0 aliphatic heterocycles. The van der Waals surface area contributed by atoms with Gasteiger partial charge in [-0.15, -0.1) is 0 Å².